The number of sulfonamides is 1. The number of nitrogens with one attached hydrogen (secondary N) is 1. The van der Waals surface area contributed by atoms with Crippen molar-refractivity contribution in [1.82, 2.24) is 4.98 Å². The molecule has 0 aliphatic carbocycles. The average Bonchev–Trinajstić information content (AvgIpc) is 3.09. The number of aryl methyl sites for hydroxylation is 1. The smallest absolute Gasteiger partial charge is 0.374 e. The molecule has 0 fully saturated rings. The summed E-state index contributed by atoms with van der Waals surface area (Å²) in [4.78, 5) is 38.4. The van der Waals surface area contributed by atoms with E-state index in [0.717, 1.165) is 12.1 Å². The van der Waals surface area contributed by atoms with Crippen LogP contribution in [-0.4, -0.2) is 37.5 Å². The van der Waals surface area contributed by atoms with Crippen LogP contribution in [0.25, 0.3) is 0 Å². The average molecular weight is 368 g/mol. The molecular formula is C15H16N2O7S. The van der Waals surface area contributed by atoms with Crippen molar-refractivity contribution < 1.29 is 32.0 Å². The Bertz CT molecular complexity index is 966. The number of carbonyl (C=O) groups excluding carboxylic acids is 3. The molecule has 0 radical (unpaired) electrons. The van der Waals surface area contributed by atoms with Gasteiger partial charge in [0.2, 0.25) is 16.6 Å². The Hall–Kier alpha value is -2.72. The van der Waals surface area contributed by atoms with Crippen molar-refractivity contribution >= 4 is 27.6 Å². The summed E-state index contributed by atoms with van der Waals surface area (Å²) in [5, 5.41) is 4.28. The van der Waals surface area contributed by atoms with Crippen LogP contribution in [0.1, 0.15) is 49.6 Å². The van der Waals surface area contributed by atoms with E-state index in [1.165, 1.54) is 6.92 Å². The van der Waals surface area contributed by atoms with Gasteiger partial charge in [-0.25, -0.2) is 18.4 Å². The number of esters is 1. The number of carbonyl (C=O) groups is 3. The van der Waals surface area contributed by atoms with Crippen molar-refractivity contribution in [1.29, 1.82) is 0 Å². The van der Waals surface area contributed by atoms with Gasteiger partial charge < -0.3 is 14.1 Å². The first-order valence-corrected chi connectivity index (χ1v) is 8.60. The number of furan rings is 1. The van der Waals surface area contributed by atoms with Gasteiger partial charge in [-0.15, -0.1) is 0 Å². The molecule has 2 aromatic rings. The van der Waals surface area contributed by atoms with Crippen LogP contribution in [-0.2, 0) is 14.8 Å². The third-order valence-electron chi connectivity index (χ3n) is 3.47. The van der Waals surface area contributed by atoms with Gasteiger partial charge in [0.25, 0.3) is 10.0 Å². The molecule has 25 heavy (non-hydrogen) atoms. The van der Waals surface area contributed by atoms with Crippen LogP contribution in [0.2, 0.25) is 0 Å². The second-order valence-electron chi connectivity index (χ2n) is 5.34. The molecule has 0 saturated heterocycles. The number of H-pyrrole nitrogens is 1. The monoisotopic (exact) mass is 368 g/mol. The molecule has 0 bridgehead atoms. The van der Waals surface area contributed by atoms with Crippen LogP contribution < -0.4 is 5.14 Å². The number of ether oxygens (including phenoxy) is 1. The molecule has 10 heteroatoms. The molecule has 9 nitrogen and oxygen atoms in total. The third kappa shape index (κ3) is 3.86. The van der Waals surface area contributed by atoms with Crippen molar-refractivity contribution in [2.24, 2.45) is 5.14 Å². The highest BCUT2D eigenvalue weighted by Gasteiger charge is 2.23. The van der Waals surface area contributed by atoms with Crippen molar-refractivity contribution in [3.8, 4) is 0 Å². The van der Waals surface area contributed by atoms with Gasteiger partial charge >= 0.3 is 5.97 Å². The first kappa shape index (κ1) is 18.6. The van der Waals surface area contributed by atoms with Crippen molar-refractivity contribution in [2.75, 3.05) is 6.61 Å². The number of ketones is 2. The minimum absolute atomic E-state index is 0.167. The molecule has 0 spiro atoms. The Balaban J connectivity index is 2.10. The number of rotatable bonds is 6. The minimum atomic E-state index is -4.08. The predicted molar refractivity (Wildman–Crippen MR) is 85.0 cm³/mol. The van der Waals surface area contributed by atoms with E-state index in [4.69, 9.17) is 14.3 Å². The lowest BCUT2D eigenvalue weighted by Gasteiger charge is -2.02. The fraction of sp³-hybridized carbons (Fsp3) is 0.267. The van der Waals surface area contributed by atoms with Gasteiger partial charge in [-0.2, -0.15) is 0 Å². The molecular weight excluding hydrogens is 352 g/mol. The number of aromatic nitrogens is 1. The molecule has 0 saturated carbocycles. The fourth-order valence-electron chi connectivity index (χ4n) is 2.41. The molecule has 2 heterocycles. The summed E-state index contributed by atoms with van der Waals surface area (Å²) in [6.45, 7) is 4.05. The van der Waals surface area contributed by atoms with E-state index >= 15 is 0 Å². The molecule has 2 rings (SSSR count). The van der Waals surface area contributed by atoms with Gasteiger partial charge in [-0.1, -0.05) is 0 Å². The third-order valence-corrected chi connectivity index (χ3v) is 4.25. The molecule has 2 aromatic heterocycles. The normalized spacial score (nSPS) is 11.4. The number of aromatic amines is 1. The second-order valence-corrected chi connectivity index (χ2v) is 6.84. The van der Waals surface area contributed by atoms with Gasteiger partial charge in [0.15, 0.2) is 12.4 Å². The lowest BCUT2D eigenvalue weighted by Crippen LogP contribution is -2.15. The van der Waals surface area contributed by atoms with E-state index in [1.807, 2.05) is 0 Å². The molecule has 134 valence electrons. The minimum Gasteiger partial charge on any atom is -0.451 e. The van der Waals surface area contributed by atoms with Crippen molar-refractivity contribution in [3.63, 3.8) is 0 Å². The number of nitrogens with two attached hydrogens (primary N) is 1. The largest absolute Gasteiger partial charge is 0.451 e. The maximum absolute atomic E-state index is 12.2. The van der Waals surface area contributed by atoms with Crippen molar-refractivity contribution in [2.45, 2.75) is 25.9 Å². The zero-order valence-corrected chi connectivity index (χ0v) is 14.5. The summed E-state index contributed by atoms with van der Waals surface area (Å²) < 4.78 is 31.8. The highest BCUT2D eigenvalue weighted by atomic mass is 32.2. The number of Topliss-reactive ketones (excluding diaryl/α,β-unsaturated/α-hetero) is 2. The van der Waals surface area contributed by atoms with Crippen LogP contribution in [0, 0.1) is 13.8 Å². The van der Waals surface area contributed by atoms with Crippen LogP contribution in [0.3, 0.4) is 0 Å². The maximum Gasteiger partial charge on any atom is 0.374 e. The standard InChI is InChI=1S/C15H16N2O7S/c1-7-13(9(3)18)8(2)17-14(7)10(19)6-23-15(20)11-4-5-12(24-11)25(16,21)22/h4-5,17H,6H2,1-3H3,(H2,16,21,22). The second kappa shape index (κ2) is 6.65. The Kier molecular flexibility index (Phi) is 4.95. The lowest BCUT2D eigenvalue weighted by atomic mass is 10.1. The topological polar surface area (TPSA) is 150 Å². The summed E-state index contributed by atoms with van der Waals surface area (Å²) in [6.07, 6.45) is 0. The summed E-state index contributed by atoms with van der Waals surface area (Å²) in [5.41, 5.74) is 1.60. The van der Waals surface area contributed by atoms with Gasteiger partial charge in [-0.05, 0) is 38.5 Å². The summed E-state index contributed by atoms with van der Waals surface area (Å²) >= 11 is 0. The van der Waals surface area contributed by atoms with Gasteiger partial charge in [0.05, 0.1) is 5.69 Å². The highest BCUT2D eigenvalue weighted by Crippen LogP contribution is 2.19. The van der Waals surface area contributed by atoms with Gasteiger partial charge in [-0.3, -0.25) is 9.59 Å². The van der Waals surface area contributed by atoms with E-state index < -0.39 is 39.2 Å². The quantitative estimate of drug-likeness (QED) is 0.573. The first-order valence-electron chi connectivity index (χ1n) is 7.05. The highest BCUT2D eigenvalue weighted by molar-refractivity contribution is 7.89. The van der Waals surface area contributed by atoms with Crippen LogP contribution in [0.15, 0.2) is 21.6 Å². The Morgan fingerprint density at radius 1 is 1.24 bits per heavy atom. The summed E-state index contributed by atoms with van der Waals surface area (Å²) in [6, 6.07) is 2.08. The van der Waals surface area contributed by atoms with Crippen LogP contribution in [0.5, 0.6) is 0 Å². The van der Waals surface area contributed by atoms with E-state index in [-0.39, 0.29) is 11.5 Å². The first-order chi connectivity index (χ1) is 11.5. The van der Waals surface area contributed by atoms with E-state index in [0.29, 0.717) is 16.8 Å². The number of hydrogen-bond acceptors (Lipinski definition) is 7. The van der Waals surface area contributed by atoms with E-state index in [1.54, 1.807) is 13.8 Å². The molecule has 0 atom stereocenters. The summed E-state index contributed by atoms with van der Waals surface area (Å²) in [5.74, 6) is -2.15. The van der Waals surface area contributed by atoms with Gasteiger partial charge in [0, 0.05) is 11.3 Å². The Morgan fingerprint density at radius 3 is 2.36 bits per heavy atom. The van der Waals surface area contributed by atoms with Crippen LogP contribution in [0.4, 0.5) is 0 Å². The SMILES string of the molecule is CC(=O)c1c(C)[nH]c(C(=O)COC(=O)c2ccc(S(N)(=O)=O)o2)c1C. The van der Waals surface area contributed by atoms with E-state index in [9.17, 15) is 22.8 Å². The molecule has 0 aromatic carbocycles. The fourth-order valence-corrected chi connectivity index (χ4v) is 2.88. The Labute approximate surface area is 143 Å². The maximum atomic E-state index is 12.2. The number of primary sulfonamides is 1. The molecule has 3 N–H and O–H groups in total. The molecule has 0 aliphatic rings. The predicted octanol–water partition coefficient (Wildman–Crippen LogP) is 1.11. The zero-order valence-electron chi connectivity index (χ0n) is 13.7. The molecule has 0 unspecified atom stereocenters. The van der Waals surface area contributed by atoms with Gasteiger partial charge in [0.1, 0.15) is 0 Å². The molecule has 0 amide bonds. The lowest BCUT2D eigenvalue weighted by molar-refractivity contribution is 0.0437. The van der Waals surface area contributed by atoms with Crippen LogP contribution >= 0.6 is 0 Å². The van der Waals surface area contributed by atoms with E-state index in [2.05, 4.69) is 4.98 Å². The number of hydrogen-bond donors (Lipinski definition) is 2. The molecule has 0 aliphatic heterocycles. The Morgan fingerprint density at radius 2 is 1.88 bits per heavy atom. The summed E-state index contributed by atoms with van der Waals surface area (Å²) in [7, 11) is -4.08. The zero-order chi connectivity index (χ0) is 18.9. The van der Waals surface area contributed by atoms with Crippen molar-refractivity contribution in [3.05, 3.63) is 40.4 Å².